The van der Waals surface area contributed by atoms with Gasteiger partial charge in [0.2, 0.25) is 11.8 Å². The number of alkyl carbamates (subject to hydrolysis) is 1. The molecule has 0 bridgehead atoms. The van der Waals surface area contributed by atoms with Crippen LogP contribution < -0.4 is 27.0 Å². The van der Waals surface area contributed by atoms with Gasteiger partial charge in [-0.05, 0) is 84.9 Å². The van der Waals surface area contributed by atoms with E-state index in [1.54, 1.807) is 54.1 Å². The van der Waals surface area contributed by atoms with E-state index in [0.717, 1.165) is 28.7 Å². The molecule has 1 aromatic heterocycles. The molecular formula is C59H76F2N10O10. The van der Waals surface area contributed by atoms with Crippen LogP contribution in [0, 0.1) is 28.9 Å². The van der Waals surface area contributed by atoms with E-state index in [1.807, 2.05) is 55.7 Å². The molecule has 2 aliphatic rings. The number of aromatic nitrogens is 2. The largest absolute Gasteiger partial charge is 0.445 e. The number of primary amides is 1. The second-order valence-electron chi connectivity index (χ2n) is 21.7. The summed E-state index contributed by atoms with van der Waals surface area (Å²) in [6.07, 6.45) is 5.81. The highest BCUT2D eigenvalue weighted by atomic mass is 19.1. The molecule has 0 spiro atoms. The molecule has 3 heterocycles. The number of benzene rings is 3. The first kappa shape index (κ1) is 62.2. The number of nitrogens with two attached hydrogens (primary N) is 1. The zero-order valence-corrected chi connectivity index (χ0v) is 46.8. The molecular weight excluding hydrogens is 1050 g/mol. The minimum Gasteiger partial charge on any atom is -0.445 e. The highest BCUT2D eigenvalue weighted by Crippen LogP contribution is 2.40. The Morgan fingerprint density at radius 1 is 0.840 bits per heavy atom. The van der Waals surface area contributed by atoms with Gasteiger partial charge in [-0.1, -0.05) is 83.5 Å². The van der Waals surface area contributed by atoms with Gasteiger partial charge in [0.25, 0.3) is 11.8 Å². The number of carbonyl (C=O) groups excluding carboxylic acids is 8. The van der Waals surface area contributed by atoms with Crippen LogP contribution in [0.2, 0.25) is 0 Å². The number of Topliss-reactive ketones (excluding diaryl/α,β-unsaturated/α-hetero) is 1. The Morgan fingerprint density at radius 2 is 1.53 bits per heavy atom. The molecule has 0 unspecified atom stereocenters. The lowest BCUT2D eigenvalue weighted by Gasteiger charge is -2.42. The first-order chi connectivity index (χ1) is 38.7. The molecule has 1 saturated heterocycles. The maximum atomic E-state index is 15.3. The third-order valence-electron chi connectivity index (χ3n) is 13.9. The van der Waals surface area contributed by atoms with Gasteiger partial charge in [0.1, 0.15) is 24.1 Å². The average molecular weight is 1120 g/mol. The number of imidazole rings is 1. The fourth-order valence-corrected chi connectivity index (χ4v) is 9.72. The summed E-state index contributed by atoms with van der Waals surface area (Å²) in [5, 5.41) is 11.0. The molecule has 20 nitrogen and oxygen atoms in total. The van der Waals surface area contributed by atoms with Crippen molar-refractivity contribution < 1.29 is 56.6 Å². The Bertz CT molecular complexity index is 2830. The number of halogens is 2. The maximum Gasteiger partial charge on any atom is 0.407 e. The number of ether oxygens (including phenoxy) is 2. The number of rotatable bonds is 28. The minimum atomic E-state index is -0.871. The van der Waals surface area contributed by atoms with Crippen LogP contribution in [0.4, 0.5) is 28.9 Å². The molecule has 0 saturated carbocycles. The number of unbranched alkanes of at least 4 members (excludes halogenated alkanes) is 2. The quantitative estimate of drug-likeness (QED) is 0.0273. The van der Waals surface area contributed by atoms with Crippen molar-refractivity contribution in [1.29, 1.82) is 0 Å². The molecule has 9 amide bonds. The van der Waals surface area contributed by atoms with Gasteiger partial charge in [-0.2, -0.15) is 0 Å². The van der Waals surface area contributed by atoms with E-state index in [9.17, 15) is 42.7 Å². The zero-order valence-electron chi connectivity index (χ0n) is 46.8. The number of urea groups is 2. The van der Waals surface area contributed by atoms with Crippen LogP contribution in [0.5, 0.6) is 0 Å². The molecule has 0 radical (unpaired) electrons. The van der Waals surface area contributed by atoms with E-state index in [-0.39, 0.29) is 98.8 Å². The van der Waals surface area contributed by atoms with Crippen LogP contribution in [-0.2, 0) is 46.6 Å². The molecule has 6 N–H and O–H groups in total. The number of ketones is 1. The first-order valence-corrected chi connectivity index (χ1v) is 27.6. The Kier molecular flexibility index (Phi) is 23.0. The summed E-state index contributed by atoms with van der Waals surface area (Å²) in [5.41, 5.74) is 6.75. The number of hydrogen-bond acceptors (Lipinski definition) is 11. The number of nitrogens with one attached hydrogen (secondary N) is 4. The number of imide groups is 1. The van der Waals surface area contributed by atoms with Gasteiger partial charge in [-0.25, -0.2) is 28.1 Å². The maximum absolute atomic E-state index is 15.3. The molecule has 1 fully saturated rings. The molecule has 436 valence electrons. The number of carbonyl (C=O) groups is 8. The fraction of sp³-hybridized carbons (Fsp3) is 0.475. The van der Waals surface area contributed by atoms with Crippen LogP contribution in [0.15, 0.2) is 91.1 Å². The second kappa shape index (κ2) is 30.0. The normalized spacial score (nSPS) is 14.6. The van der Waals surface area contributed by atoms with Gasteiger partial charge in [-0.15, -0.1) is 0 Å². The smallest absolute Gasteiger partial charge is 0.407 e. The standard InChI is InChI=1S/C59H76F2N10O10/c1-39(2)52(67-49(73)17-10-7-11-28-70-50(74)24-25-51(70)75)48(72)34-42(16-12-26-63-56(62)77)55(76)65-44-21-18-41(19-22-44)38-81-57(78)64-27-13-29-71(58(79)68-30-32-80-33-31-68)53(59(3,4)5)54-66-47(45-35-43(60)20-23-46(45)61)37-69(54)36-40-14-8-6-9-15-40/h6,8-9,14-15,18-25,35,37,39,42,52-53H,7,10-13,16-17,26-34,36,38H2,1-5H3,(H,64,78)(H,65,76)(H,67,73)(H3,62,63,77)/t42-,52+,53+/m1/s1. The number of amides is 9. The van der Waals surface area contributed by atoms with Crippen LogP contribution in [-0.4, -0.2) is 130 Å². The first-order valence-electron chi connectivity index (χ1n) is 27.6. The summed E-state index contributed by atoms with van der Waals surface area (Å²) < 4.78 is 42.9. The Hall–Kier alpha value is -8.01. The monoisotopic (exact) mass is 1120 g/mol. The van der Waals surface area contributed by atoms with Crippen LogP contribution in [0.25, 0.3) is 11.3 Å². The fourth-order valence-electron chi connectivity index (χ4n) is 9.72. The summed E-state index contributed by atoms with van der Waals surface area (Å²) in [4.78, 5) is 113. The summed E-state index contributed by atoms with van der Waals surface area (Å²) >= 11 is 0. The highest BCUT2D eigenvalue weighted by molar-refractivity contribution is 6.12. The number of hydrogen-bond donors (Lipinski definition) is 5. The highest BCUT2D eigenvalue weighted by Gasteiger charge is 2.40. The van der Waals surface area contributed by atoms with Gasteiger partial charge >= 0.3 is 18.2 Å². The number of nitrogens with zero attached hydrogens (tertiary/aromatic N) is 5. The van der Waals surface area contributed by atoms with Gasteiger partial charge in [0.05, 0.1) is 31.0 Å². The van der Waals surface area contributed by atoms with Crippen LogP contribution >= 0.6 is 0 Å². The molecule has 22 heteroatoms. The van der Waals surface area contributed by atoms with Crippen molar-refractivity contribution in [3.8, 4) is 11.3 Å². The lowest BCUT2D eigenvalue weighted by atomic mass is 9.84. The Labute approximate surface area is 471 Å². The zero-order chi connectivity index (χ0) is 58.6. The number of morpholine rings is 1. The molecule has 6 rings (SSSR count). The summed E-state index contributed by atoms with van der Waals surface area (Å²) in [6.45, 7) is 12.0. The van der Waals surface area contributed by atoms with Crippen molar-refractivity contribution in [1.82, 2.24) is 40.2 Å². The van der Waals surface area contributed by atoms with Crippen LogP contribution in [0.3, 0.4) is 0 Å². The van der Waals surface area contributed by atoms with Crippen molar-refractivity contribution in [3.05, 3.63) is 120 Å². The third-order valence-corrected chi connectivity index (χ3v) is 13.9. The predicted molar refractivity (Wildman–Crippen MR) is 299 cm³/mol. The molecule has 2 aliphatic heterocycles. The van der Waals surface area contributed by atoms with E-state index < -0.39 is 53.1 Å². The molecule has 4 aromatic rings. The van der Waals surface area contributed by atoms with E-state index >= 15 is 4.39 Å². The van der Waals surface area contributed by atoms with Crippen molar-refractivity contribution in [2.45, 2.75) is 111 Å². The summed E-state index contributed by atoms with van der Waals surface area (Å²) in [6, 6.07) is 16.9. The topological polar surface area (TPSA) is 257 Å². The van der Waals surface area contributed by atoms with Gasteiger partial charge in [0.15, 0.2) is 5.78 Å². The minimum absolute atomic E-state index is 0.0126. The van der Waals surface area contributed by atoms with E-state index in [4.69, 9.17) is 20.2 Å². The predicted octanol–water partition coefficient (Wildman–Crippen LogP) is 7.62. The molecule has 0 aliphatic carbocycles. The molecule has 3 atom stereocenters. The summed E-state index contributed by atoms with van der Waals surface area (Å²) in [7, 11) is 0. The third kappa shape index (κ3) is 18.8. The van der Waals surface area contributed by atoms with Crippen molar-refractivity contribution >= 4 is 53.3 Å². The van der Waals surface area contributed by atoms with E-state index in [1.165, 1.54) is 12.2 Å². The van der Waals surface area contributed by atoms with Gasteiger partial charge in [0, 0.05) is 94.2 Å². The summed E-state index contributed by atoms with van der Waals surface area (Å²) in [5.74, 6) is -3.76. The van der Waals surface area contributed by atoms with Crippen molar-refractivity contribution in [2.75, 3.05) is 57.8 Å². The van der Waals surface area contributed by atoms with Crippen LogP contribution in [0.1, 0.15) is 109 Å². The Morgan fingerprint density at radius 3 is 2.20 bits per heavy atom. The average Bonchev–Trinajstić information content (AvgIpc) is 4.26. The van der Waals surface area contributed by atoms with Crippen molar-refractivity contribution in [3.63, 3.8) is 0 Å². The van der Waals surface area contributed by atoms with E-state index in [0.29, 0.717) is 82.0 Å². The van der Waals surface area contributed by atoms with E-state index in [2.05, 4.69) is 21.3 Å². The number of anilines is 1. The lowest BCUT2D eigenvalue weighted by molar-refractivity contribution is -0.137. The Balaban J connectivity index is 1.05. The van der Waals surface area contributed by atoms with Gasteiger partial charge < -0.3 is 50.8 Å². The van der Waals surface area contributed by atoms with Gasteiger partial charge in [-0.3, -0.25) is 28.9 Å². The lowest BCUT2D eigenvalue weighted by Crippen LogP contribution is -2.52. The molecule has 81 heavy (non-hydrogen) atoms. The molecule has 3 aromatic carbocycles. The van der Waals surface area contributed by atoms with Crippen molar-refractivity contribution in [2.24, 2.45) is 23.0 Å². The second-order valence-corrected chi connectivity index (χ2v) is 21.7. The SMILES string of the molecule is CC(C)[C@H](NC(=O)CCCCCN1C(=O)C=CC1=O)C(=O)C[C@@H](CCCNC(N)=O)C(=O)Nc1ccc(COC(=O)NCCCN(C(=O)N2CCOCC2)[C@@H](c2nc(-c3cc(F)ccc3F)cn2Cc2ccccc2)C(C)(C)C)cc1.